The van der Waals surface area contributed by atoms with Crippen LogP contribution < -0.4 is 0 Å². The number of hydrogen-bond donors (Lipinski definition) is 0. The molecule has 2 fully saturated rings. The van der Waals surface area contributed by atoms with Crippen LogP contribution in [0.5, 0.6) is 0 Å². The minimum absolute atomic E-state index is 0.241. The molecule has 2 aliphatic rings. The number of carbonyl (C=O) groups excluding carboxylic acids is 2. The lowest BCUT2D eigenvalue weighted by Gasteiger charge is -2.27. The molecule has 0 bridgehead atoms. The zero-order chi connectivity index (χ0) is 18.8. The highest BCUT2D eigenvalue weighted by Crippen LogP contribution is 2.41. The first kappa shape index (κ1) is 17.7. The van der Waals surface area contributed by atoms with E-state index >= 15 is 0 Å². The summed E-state index contributed by atoms with van der Waals surface area (Å²) in [6.07, 6.45) is -0.916. The SMILES string of the molecule is C[C@@H]1ON(Cc2ccccc2)[C@@H](c2ccccc2)[C@H]1C(=O)N1CCOC1=O. The first-order valence-electron chi connectivity index (χ1n) is 9.15. The van der Waals surface area contributed by atoms with Crippen LogP contribution in [-0.2, 0) is 20.9 Å². The lowest BCUT2D eigenvalue weighted by atomic mass is 9.88. The van der Waals surface area contributed by atoms with Crippen molar-refractivity contribution in [2.45, 2.75) is 25.6 Å². The summed E-state index contributed by atoms with van der Waals surface area (Å²) in [4.78, 5) is 32.4. The second-order valence-corrected chi connectivity index (χ2v) is 6.86. The van der Waals surface area contributed by atoms with Crippen molar-refractivity contribution in [1.29, 1.82) is 0 Å². The molecule has 4 rings (SSSR count). The van der Waals surface area contributed by atoms with E-state index in [1.807, 2.05) is 72.7 Å². The van der Waals surface area contributed by atoms with E-state index in [4.69, 9.17) is 9.57 Å². The highest BCUT2D eigenvalue weighted by atomic mass is 16.7. The summed E-state index contributed by atoms with van der Waals surface area (Å²) in [5, 5.41) is 1.86. The summed E-state index contributed by atoms with van der Waals surface area (Å²) >= 11 is 0. The number of imide groups is 1. The van der Waals surface area contributed by atoms with Crippen molar-refractivity contribution in [3.05, 3.63) is 71.8 Å². The Hall–Kier alpha value is -2.70. The van der Waals surface area contributed by atoms with Gasteiger partial charge >= 0.3 is 6.09 Å². The molecule has 0 N–H and O–H groups in total. The van der Waals surface area contributed by atoms with Crippen LogP contribution in [-0.4, -0.2) is 41.2 Å². The largest absolute Gasteiger partial charge is 0.447 e. The molecule has 2 heterocycles. The lowest BCUT2D eigenvalue weighted by molar-refractivity contribution is -0.166. The van der Waals surface area contributed by atoms with E-state index in [2.05, 4.69) is 0 Å². The van der Waals surface area contributed by atoms with Crippen molar-refractivity contribution < 1.29 is 19.2 Å². The number of nitrogens with zero attached hydrogens (tertiary/aromatic N) is 2. The number of amides is 2. The minimum atomic E-state index is -0.569. The zero-order valence-electron chi connectivity index (χ0n) is 15.2. The molecular formula is C21H22N2O4. The number of hydroxylamine groups is 2. The standard InChI is InChI=1S/C21H22N2O4/c1-15-18(20(24)22-12-13-26-21(22)25)19(17-10-6-3-7-11-17)23(27-15)14-16-8-4-2-5-9-16/h2-11,15,18-19H,12-14H2,1H3/t15-,18-,19-/m0/s1. The average Bonchev–Trinajstić information content (AvgIpc) is 3.25. The van der Waals surface area contributed by atoms with Crippen molar-refractivity contribution in [2.24, 2.45) is 5.92 Å². The second-order valence-electron chi connectivity index (χ2n) is 6.86. The van der Waals surface area contributed by atoms with Gasteiger partial charge in [-0.1, -0.05) is 60.7 Å². The highest BCUT2D eigenvalue weighted by Gasteiger charge is 2.49. The van der Waals surface area contributed by atoms with Crippen LogP contribution >= 0.6 is 0 Å². The van der Waals surface area contributed by atoms with Gasteiger partial charge in [-0.3, -0.25) is 9.63 Å². The van der Waals surface area contributed by atoms with Gasteiger partial charge in [-0.25, -0.2) is 9.69 Å². The Morgan fingerprint density at radius 3 is 2.37 bits per heavy atom. The van der Waals surface area contributed by atoms with Gasteiger partial charge in [0.15, 0.2) is 0 Å². The number of hydrogen-bond acceptors (Lipinski definition) is 5. The molecule has 0 aromatic heterocycles. The Bertz CT molecular complexity index is 811. The van der Waals surface area contributed by atoms with Crippen molar-refractivity contribution >= 4 is 12.0 Å². The molecule has 2 aliphatic heterocycles. The monoisotopic (exact) mass is 366 g/mol. The molecule has 0 spiro atoms. The first-order chi connectivity index (χ1) is 13.1. The third kappa shape index (κ3) is 3.46. The van der Waals surface area contributed by atoms with Gasteiger partial charge in [0.1, 0.15) is 6.61 Å². The minimum Gasteiger partial charge on any atom is -0.447 e. The molecule has 0 saturated carbocycles. The van der Waals surface area contributed by atoms with E-state index in [1.54, 1.807) is 0 Å². The van der Waals surface area contributed by atoms with Crippen LogP contribution in [0, 0.1) is 5.92 Å². The summed E-state index contributed by atoms with van der Waals surface area (Å²) < 4.78 is 4.96. The maximum atomic E-state index is 13.2. The summed E-state index contributed by atoms with van der Waals surface area (Å²) in [6.45, 7) is 2.97. The molecule has 2 amide bonds. The van der Waals surface area contributed by atoms with Crippen molar-refractivity contribution in [1.82, 2.24) is 9.96 Å². The molecule has 140 valence electrons. The van der Waals surface area contributed by atoms with Gasteiger partial charge < -0.3 is 4.74 Å². The fourth-order valence-corrected chi connectivity index (χ4v) is 3.81. The fourth-order valence-electron chi connectivity index (χ4n) is 3.81. The van der Waals surface area contributed by atoms with Crippen LogP contribution in [0.15, 0.2) is 60.7 Å². The maximum absolute atomic E-state index is 13.2. The Kier molecular flexibility index (Phi) is 4.92. The third-order valence-electron chi connectivity index (χ3n) is 5.09. The van der Waals surface area contributed by atoms with Crippen molar-refractivity contribution in [3.8, 4) is 0 Å². The van der Waals surface area contributed by atoms with Crippen molar-refractivity contribution in [2.75, 3.05) is 13.2 Å². The quantitative estimate of drug-likeness (QED) is 0.832. The number of ether oxygens (including phenoxy) is 1. The van der Waals surface area contributed by atoms with Gasteiger partial charge in [-0.05, 0) is 18.1 Å². The van der Waals surface area contributed by atoms with Crippen molar-refractivity contribution in [3.63, 3.8) is 0 Å². The normalized spacial score (nSPS) is 25.6. The van der Waals surface area contributed by atoms with E-state index in [-0.39, 0.29) is 24.7 Å². The predicted molar refractivity (Wildman–Crippen MR) is 98.3 cm³/mol. The summed E-state index contributed by atoms with van der Waals surface area (Å²) in [7, 11) is 0. The number of cyclic esters (lactones) is 1. The van der Waals surface area contributed by atoms with E-state index in [9.17, 15) is 9.59 Å². The van der Waals surface area contributed by atoms with Gasteiger partial charge in [-0.15, -0.1) is 0 Å². The van der Waals surface area contributed by atoms with Crippen LogP contribution in [0.2, 0.25) is 0 Å². The zero-order valence-corrected chi connectivity index (χ0v) is 15.2. The molecule has 3 atom stereocenters. The Morgan fingerprint density at radius 1 is 1.07 bits per heavy atom. The topological polar surface area (TPSA) is 59.1 Å². The molecule has 6 nitrogen and oxygen atoms in total. The van der Waals surface area contributed by atoms with Crippen LogP contribution in [0.25, 0.3) is 0 Å². The molecule has 2 saturated heterocycles. The fraction of sp³-hybridized carbons (Fsp3) is 0.333. The second kappa shape index (κ2) is 7.50. The average molecular weight is 366 g/mol. The molecule has 27 heavy (non-hydrogen) atoms. The number of carbonyl (C=O) groups is 2. The summed E-state index contributed by atoms with van der Waals surface area (Å²) in [5.41, 5.74) is 2.09. The number of benzene rings is 2. The van der Waals surface area contributed by atoms with Gasteiger partial charge in [-0.2, -0.15) is 5.06 Å². The Labute approximate surface area is 158 Å². The van der Waals surface area contributed by atoms with Crippen LogP contribution in [0.4, 0.5) is 4.79 Å². The first-order valence-corrected chi connectivity index (χ1v) is 9.15. The van der Waals surface area contributed by atoms with E-state index < -0.39 is 12.0 Å². The smallest absolute Gasteiger partial charge is 0.416 e. The van der Waals surface area contributed by atoms with Crippen LogP contribution in [0.1, 0.15) is 24.1 Å². The third-order valence-corrected chi connectivity index (χ3v) is 5.09. The van der Waals surface area contributed by atoms with Gasteiger partial charge in [0.25, 0.3) is 0 Å². The molecular weight excluding hydrogens is 344 g/mol. The molecule has 0 unspecified atom stereocenters. The van der Waals surface area contributed by atoms with Gasteiger partial charge in [0.05, 0.1) is 24.6 Å². The lowest BCUT2D eigenvalue weighted by Crippen LogP contribution is -2.41. The molecule has 0 radical (unpaired) electrons. The number of rotatable bonds is 4. The Balaban J connectivity index is 1.66. The summed E-state index contributed by atoms with van der Waals surface area (Å²) in [5.74, 6) is -0.726. The van der Waals surface area contributed by atoms with Crippen LogP contribution in [0.3, 0.4) is 0 Å². The van der Waals surface area contributed by atoms with E-state index in [0.717, 1.165) is 11.1 Å². The molecule has 0 aliphatic carbocycles. The van der Waals surface area contributed by atoms with Gasteiger partial charge in [0.2, 0.25) is 5.91 Å². The summed E-state index contributed by atoms with van der Waals surface area (Å²) in [6, 6.07) is 19.5. The maximum Gasteiger partial charge on any atom is 0.416 e. The highest BCUT2D eigenvalue weighted by molar-refractivity contribution is 5.95. The van der Waals surface area contributed by atoms with Gasteiger partial charge in [0, 0.05) is 6.54 Å². The van der Waals surface area contributed by atoms with E-state index in [0.29, 0.717) is 13.1 Å². The molecule has 2 aromatic rings. The molecule has 6 heteroatoms. The molecule has 2 aromatic carbocycles. The Morgan fingerprint density at radius 2 is 1.74 bits per heavy atom. The van der Waals surface area contributed by atoms with E-state index in [1.165, 1.54) is 4.90 Å². The predicted octanol–water partition coefficient (Wildman–Crippen LogP) is 3.16.